The molecule has 0 saturated heterocycles. The maximum Gasteiger partial charge on any atom is 0.264 e. The van der Waals surface area contributed by atoms with Crippen molar-refractivity contribution in [1.82, 2.24) is 4.98 Å². The van der Waals surface area contributed by atoms with E-state index in [1.165, 1.54) is 17.4 Å². The third-order valence-electron chi connectivity index (χ3n) is 2.63. The van der Waals surface area contributed by atoms with Crippen LogP contribution >= 0.6 is 27.3 Å². The van der Waals surface area contributed by atoms with Crippen LogP contribution in [0.2, 0.25) is 0 Å². The number of rotatable bonds is 4. The summed E-state index contributed by atoms with van der Waals surface area (Å²) >= 11 is 4.33. The molecule has 1 heterocycles. The van der Waals surface area contributed by atoms with E-state index >= 15 is 0 Å². The fraction of sp³-hybridized carbons (Fsp3) is 0.250. The number of nitrogens with one attached hydrogen (secondary N) is 1. The van der Waals surface area contributed by atoms with Crippen molar-refractivity contribution in [3.05, 3.63) is 39.1 Å². The van der Waals surface area contributed by atoms with Crippen LogP contribution in [0.15, 0.2) is 27.6 Å². The van der Waals surface area contributed by atoms with Gasteiger partial charge in [-0.25, -0.2) is 17.8 Å². The Morgan fingerprint density at radius 1 is 1.45 bits per heavy atom. The Hall–Kier alpha value is -0.990. The second kappa shape index (κ2) is 5.79. The van der Waals surface area contributed by atoms with E-state index in [0.717, 1.165) is 29.1 Å². The minimum atomic E-state index is -3.79. The van der Waals surface area contributed by atoms with Gasteiger partial charge in [-0.1, -0.05) is 6.92 Å². The van der Waals surface area contributed by atoms with Gasteiger partial charge in [0.1, 0.15) is 10.7 Å². The zero-order chi connectivity index (χ0) is 14.9. The van der Waals surface area contributed by atoms with Gasteiger partial charge in [0.2, 0.25) is 0 Å². The number of aryl methyl sites for hydroxylation is 2. The number of aromatic nitrogens is 1. The highest BCUT2D eigenvalue weighted by atomic mass is 79.9. The van der Waals surface area contributed by atoms with Crippen LogP contribution in [0, 0.1) is 12.7 Å². The lowest BCUT2D eigenvalue weighted by molar-refractivity contribution is 0.599. The molecule has 108 valence electrons. The summed E-state index contributed by atoms with van der Waals surface area (Å²) in [7, 11) is -3.79. The quantitative estimate of drug-likeness (QED) is 0.881. The maximum absolute atomic E-state index is 13.0. The van der Waals surface area contributed by atoms with Crippen molar-refractivity contribution < 1.29 is 12.8 Å². The third kappa shape index (κ3) is 3.18. The largest absolute Gasteiger partial charge is 0.264 e. The lowest BCUT2D eigenvalue weighted by Crippen LogP contribution is -2.13. The Balaban J connectivity index is 2.35. The van der Waals surface area contributed by atoms with Gasteiger partial charge in [0.15, 0.2) is 5.13 Å². The summed E-state index contributed by atoms with van der Waals surface area (Å²) in [6.45, 7) is 3.85. The monoisotopic (exact) mass is 378 g/mol. The highest BCUT2D eigenvalue weighted by molar-refractivity contribution is 9.10. The summed E-state index contributed by atoms with van der Waals surface area (Å²) in [5, 5.41) is 0.315. The zero-order valence-corrected chi connectivity index (χ0v) is 14.0. The fourth-order valence-electron chi connectivity index (χ4n) is 1.66. The Morgan fingerprint density at radius 2 is 2.15 bits per heavy atom. The van der Waals surface area contributed by atoms with Crippen LogP contribution in [0.3, 0.4) is 0 Å². The molecule has 1 aromatic carbocycles. The Labute approximate surface area is 129 Å². The lowest BCUT2D eigenvalue weighted by atomic mass is 10.3. The molecule has 0 amide bonds. The number of halogens is 2. The van der Waals surface area contributed by atoms with Crippen molar-refractivity contribution in [2.75, 3.05) is 4.72 Å². The maximum atomic E-state index is 13.0. The normalized spacial score (nSPS) is 11.6. The zero-order valence-electron chi connectivity index (χ0n) is 10.8. The van der Waals surface area contributed by atoms with Gasteiger partial charge < -0.3 is 0 Å². The number of hydrogen-bond donors (Lipinski definition) is 1. The van der Waals surface area contributed by atoms with Crippen LogP contribution in [-0.2, 0) is 16.4 Å². The van der Waals surface area contributed by atoms with Gasteiger partial charge in [0.05, 0.1) is 5.69 Å². The molecule has 0 atom stereocenters. The molecule has 2 aromatic rings. The van der Waals surface area contributed by atoms with Gasteiger partial charge in [-0.3, -0.25) is 4.72 Å². The number of benzene rings is 1. The first-order chi connectivity index (χ1) is 9.33. The standard InChI is InChI=1S/C12H12BrFN2O2S2/c1-3-10-7(2)19-12(15-10)16-20(17,18)11-5-4-8(14)6-9(11)13/h4-6H,3H2,1-2H3,(H,15,16). The first-order valence-electron chi connectivity index (χ1n) is 5.77. The molecule has 0 spiro atoms. The SMILES string of the molecule is CCc1nc(NS(=O)(=O)c2ccc(F)cc2Br)sc1C. The highest BCUT2D eigenvalue weighted by Crippen LogP contribution is 2.28. The minimum Gasteiger partial charge on any atom is -0.255 e. The van der Waals surface area contributed by atoms with Crippen molar-refractivity contribution in [3.8, 4) is 0 Å². The number of nitrogens with zero attached hydrogens (tertiary/aromatic N) is 1. The molecular weight excluding hydrogens is 367 g/mol. The average molecular weight is 379 g/mol. The van der Waals surface area contributed by atoms with Crippen LogP contribution in [0.1, 0.15) is 17.5 Å². The summed E-state index contributed by atoms with van der Waals surface area (Å²) in [6, 6.07) is 3.42. The molecule has 1 aromatic heterocycles. The summed E-state index contributed by atoms with van der Waals surface area (Å²) < 4.78 is 40.1. The van der Waals surface area contributed by atoms with Gasteiger partial charge >= 0.3 is 0 Å². The number of anilines is 1. The van der Waals surface area contributed by atoms with Crippen molar-refractivity contribution >= 4 is 42.4 Å². The molecule has 0 aliphatic carbocycles. The van der Waals surface area contributed by atoms with Gasteiger partial charge in [-0.05, 0) is 47.5 Å². The average Bonchev–Trinajstić information content (AvgIpc) is 2.67. The van der Waals surface area contributed by atoms with E-state index in [4.69, 9.17) is 0 Å². The number of sulfonamides is 1. The Bertz CT molecular complexity index is 744. The smallest absolute Gasteiger partial charge is 0.255 e. The van der Waals surface area contributed by atoms with Gasteiger partial charge in [0.25, 0.3) is 10.0 Å². The van der Waals surface area contributed by atoms with Crippen molar-refractivity contribution in [3.63, 3.8) is 0 Å². The molecule has 2 rings (SSSR count). The van der Waals surface area contributed by atoms with E-state index in [-0.39, 0.29) is 9.37 Å². The lowest BCUT2D eigenvalue weighted by Gasteiger charge is -2.07. The highest BCUT2D eigenvalue weighted by Gasteiger charge is 2.20. The molecular formula is C12H12BrFN2O2S2. The minimum absolute atomic E-state index is 0.0233. The van der Waals surface area contributed by atoms with E-state index in [1.807, 2.05) is 13.8 Å². The summed E-state index contributed by atoms with van der Waals surface area (Å²) in [6.07, 6.45) is 0.740. The molecule has 0 bridgehead atoms. The van der Waals surface area contributed by atoms with Crippen LogP contribution in [0.4, 0.5) is 9.52 Å². The van der Waals surface area contributed by atoms with Crippen LogP contribution in [-0.4, -0.2) is 13.4 Å². The second-order valence-electron chi connectivity index (χ2n) is 4.06. The first-order valence-corrected chi connectivity index (χ1v) is 8.87. The molecule has 0 aliphatic rings. The second-order valence-corrected chi connectivity index (χ2v) is 7.76. The third-order valence-corrected chi connectivity index (χ3v) is 6.01. The summed E-state index contributed by atoms with van der Waals surface area (Å²) in [5.74, 6) is -0.505. The van der Waals surface area contributed by atoms with Crippen molar-refractivity contribution in [1.29, 1.82) is 0 Å². The van der Waals surface area contributed by atoms with Gasteiger partial charge in [-0.15, -0.1) is 11.3 Å². The molecule has 0 radical (unpaired) electrons. The number of hydrogen-bond acceptors (Lipinski definition) is 4. The van der Waals surface area contributed by atoms with E-state index in [2.05, 4.69) is 25.6 Å². The Kier molecular flexibility index (Phi) is 4.46. The van der Waals surface area contributed by atoms with Crippen molar-refractivity contribution in [2.45, 2.75) is 25.2 Å². The molecule has 0 saturated carbocycles. The van der Waals surface area contributed by atoms with Crippen molar-refractivity contribution in [2.24, 2.45) is 0 Å². The molecule has 0 unspecified atom stereocenters. The molecule has 20 heavy (non-hydrogen) atoms. The molecule has 0 aliphatic heterocycles. The fourth-order valence-corrected chi connectivity index (χ4v) is 4.85. The molecule has 1 N–H and O–H groups in total. The van der Waals surface area contributed by atoms with E-state index in [1.54, 1.807) is 0 Å². The molecule has 8 heteroatoms. The summed E-state index contributed by atoms with van der Waals surface area (Å²) in [5.41, 5.74) is 0.867. The van der Waals surface area contributed by atoms with E-state index in [9.17, 15) is 12.8 Å². The number of thiazole rings is 1. The van der Waals surface area contributed by atoms with Gasteiger partial charge in [0, 0.05) is 9.35 Å². The van der Waals surface area contributed by atoms with Crippen LogP contribution < -0.4 is 4.72 Å². The van der Waals surface area contributed by atoms with Gasteiger partial charge in [-0.2, -0.15) is 0 Å². The molecule has 0 fully saturated rings. The summed E-state index contributed by atoms with van der Waals surface area (Å²) in [4.78, 5) is 5.18. The van der Waals surface area contributed by atoms with Crippen LogP contribution in [0.25, 0.3) is 0 Å². The molecule has 4 nitrogen and oxygen atoms in total. The predicted molar refractivity (Wildman–Crippen MR) is 81.1 cm³/mol. The van der Waals surface area contributed by atoms with E-state index < -0.39 is 15.8 Å². The topological polar surface area (TPSA) is 59.1 Å². The predicted octanol–water partition coefficient (Wildman–Crippen LogP) is 3.72. The first kappa shape index (κ1) is 15.4. The van der Waals surface area contributed by atoms with E-state index in [0.29, 0.717) is 5.13 Å². The Morgan fingerprint density at radius 3 is 2.70 bits per heavy atom. The van der Waals surface area contributed by atoms with Crippen LogP contribution in [0.5, 0.6) is 0 Å².